The molecule has 0 radical (unpaired) electrons. The number of H-pyrrole nitrogens is 1. The van der Waals surface area contributed by atoms with E-state index in [4.69, 9.17) is 29.8 Å². The Hall–Kier alpha value is -2.40. The number of thiol groups is 2. The average molecular weight is 730 g/mol. The van der Waals surface area contributed by atoms with E-state index in [1.54, 1.807) is 0 Å². The molecule has 6 heterocycles. The van der Waals surface area contributed by atoms with Crippen LogP contribution in [0.4, 0.5) is 20.5 Å². The highest BCUT2D eigenvalue weighted by atomic mass is 32.7. The van der Waals surface area contributed by atoms with Crippen LogP contribution in [-0.2, 0) is 33.2 Å². The molecule has 0 aromatic carbocycles. The second-order valence-electron chi connectivity index (χ2n) is 9.83. The zero-order chi connectivity index (χ0) is 32.3. The normalized spacial score (nSPS) is 29.8. The third-order valence-corrected chi connectivity index (χ3v) is 10.8. The predicted molar refractivity (Wildman–Crippen MR) is 161 cm³/mol. The number of halogens is 2. The van der Waals surface area contributed by atoms with Crippen molar-refractivity contribution in [3.63, 3.8) is 0 Å². The summed E-state index contributed by atoms with van der Waals surface area (Å²) in [6, 6.07) is 0. The first kappa shape index (κ1) is 32.5. The number of imidazole rings is 1. The summed E-state index contributed by atoms with van der Waals surface area (Å²) in [5.74, 6) is -2.92. The van der Waals surface area contributed by atoms with Gasteiger partial charge in [-0.15, -0.1) is 16.9 Å². The zero-order valence-corrected chi connectivity index (χ0v) is 26.8. The number of rotatable bonds is 10. The van der Waals surface area contributed by atoms with Gasteiger partial charge in [0, 0.05) is 6.42 Å². The molecule has 0 saturated carbocycles. The number of nitrogens with one attached hydrogen (secondary N) is 1. The Labute approximate surface area is 264 Å². The summed E-state index contributed by atoms with van der Waals surface area (Å²) in [4.78, 5) is 39.7. The SMILES string of the molecule is Nc1nc2c(nnn2[C@H]2C[C@H](F)[C@@H](COP(=O)(S)O[C@@H]3[C@@H](COP(=O)(O)S)OC[C@]3(F)n3cnc4c(N)ncnc43)S2)c(=O)[nH]1. The number of aromatic amines is 1. The number of nitrogens with zero attached hydrogens (tertiary/aromatic N) is 8. The van der Waals surface area contributed by atoms with Crippen LogP contribution < -0.4 is 17.0 Å². The van der Waals surface area contributed by atoms with E-state index in [0.717, 1.165) is 29.0 Å². The van der Waals surface area contributed by atoms with E-state index in [1.807, 2.05) is 0 Å². The van der Waals surface area contributed by atoms with Crippen molar-refractivity contribution in [1.29, 1.82) is 0 Å². The highest BCUT2D eigenvalue weighted by molar-refractivity contribution is 8.44. The molecule has 2 saturated heterocycles. The van der Waals surface area contributed by atoms with Crippen LogP contribution in [0.1, 0.15) is 11.8 Å². The minimum atomic E-state index is -4.52. The molecule has 26 heteroatoms. The van der Waals surface area contributed by atoms with E-state index in [2.05, 4.69) is 59.7 Å². The molecular formula is C19H23F2N11O8P2S3. The number of hydrogen-bond acceptors (Lipinski definition) is 16. The van der Waals surface area contributed by atoms with E-state index in [-0.39, 0.29) is 40.5 Å². The average Bonchev–Trinajstić information content (AvgIpc) is 3.72. The lowest BCUT2D eigenvalue weighted by molar-refractivity contribution is -0.0335. The van der Waals surface area contributed by atoms with E-state index >= 15 is 8.78 Å². The molecule has 0 spiro atoms. The van der Waals surface area contributed by atoms with Crippen molar-refractivity contribution in [3.05, 3.63) is 23.0 Å². The van der Waals surface area contributed by atoms with Crippen LogP contribution in [0.15, 0.2) is 17.4 Å². The Morgan fingerprint density at radius 1 is 1.20 bits per heavy atom. The van der Waals surface area contributed by atoms with E-state index < -0.39 is 73.8 Å². The quantitative estimate of drug-likeness (QED) is 0.0994. The van der Waals surface area contributed by atoms with Crippen LogP contribution in [0, 0.1) is 0 Å². The van der Waals surface area contributed by atoms with Gasteiger partial charge in [0.2, 0.25) is 11.7 Å². The summed E-state index contributed by atoms with van der Waals surface area (Å²) in [6.45, 7) is -10.8. The fourth-order valence-corrected chi connectivity index (χ4v) is 8.37. The first-order chi connectivity index (χ1) is 21.1. The molecule has 0 amide bonds. The second kappa shape index (κ2) is 12.0. The number of nitrogens with two attached hydrogens (primary N) is 2. The molecule has 0 bridgehead atoms. The third-order valence-electron chi connectivity index (χ3n) is 6.88. The summed E-state index contributed by atoms with van der Waals surface area (Å²) in [5.41, 5.74) is 10.8. The summed E-state index contributed by atoms with van der Waals surface area (Å²) < 4.78 is 80.5. The largest absolute Gasteiger partial charge is 0.386 e. The topological polar surface area (TPSA) is 263 Å². The van der Waals surface area contributed by atoms with E-state index in [9.17, 15) is 18.8 Å². The zero-order valence-electron chi connectivity index (χ0n) is 22.4. The van der Waals surface area contributed by atoms with Gasteiger partial charge in [-0.2, -0.15) is 4.98 Å². The number of hydrogen-bond donors (Lipinski definition) is 6. The third kappa shape index (κ3) is 6.45. The molecule has 8 atom stereocenters. The minimum absolute atomic E-state index is 0.0452. The summed E-state index contributed by atoms with van der Waals surface area (Å²) in [7, 11) is 0. The molecule has 6 N–H and O–H groups in total. The molecule has 6 rings (SSSR count). The smallest absolute Gasteiger partial charge is 0.382 e. The Morgan fingerprint density at radius 3 is 2.73 bits per heavy atom. The van der Waals surface area contributed by atoms with Crippen LogP contribution in [0.3, 0.4) is 0 Å². The molecule has 2 aliphatic heterocycles. The number of aromatic nitrogens is 9. The highest BCUT2D eigenvalue weighted by Crippen LogP contribution is 2.59. The number of ether oxygens (including phenoxy) is 1. The van der Waals surface area contributed by atoms with Gasteiger partial charge in [0.1, 0.15) is 36.1 Å². The molecule has 2 unspecified atom stereocenters. The van der Waals surface area contributed by atoms with Crippen molar-refractivity contribution in [2.75, 3.05) is 31.3 Å². The maximum Gasteiger partial charge on any atom is 0.386 e. The standard InChI is InChI=1S/C19H23F2N11O8P2S3/c20-7-1-10(32-16-12(29-30-32)17(33)28-18(23)27-16)45-9(7)3-39-42(36,44)40-13-8(2-38-41(34,35)43)37-4-19(13,21)31-6-26-11-14(22)24-5-25-15(11)31/h5-10,13H,1-4H2,(H,36,44)(H2,22,24,25)(H2,34,35,43)(H3,23,27,28,33)/t7-,8+,9+,10+,13+,19-,42?/m0/s1. The monoisotopic (exact) mass is 729 g/mol. The Morgan fingerprint density at radius 2 is 1.98 bits per heavy atom. The molecule has 19 nitrogen and oxygen atoms in total. The maximum atomic E-state index is 16.8. The van der Waals surface area contributed by atoms with Crippen molar-refractivity contribution in [3.8, 4) is 0 Å². The molecular weight excluding hydrogens is 706 g/mol. The lowest BCUT2D eigenvalue weighted by atomic mass is 10.1. The second-order valence-corrected chi connectivity index (χ2v) is 16.9. The molecule has 45 heavy (non-hydrogen) atoms. The first-order valence-electron chi connectivity index (χ1n) is 12.7. The van der Waals surface area contributed by atoms with Crippen LogP contribution in [0.25, 0.3) is 22.3 Å². The van der Waals surface area contributed by atoms with Crippen LogP contribution in [0.2, 0.25) is 0 Å². The van der Waals surface area contributed by atoms with Crippen molar-refractivity contribution in [2.45, 2.75) is 41.2 Å². The van der Waals surface area contributed by atoms with Crippen LogP contribution >= 0.6 is 49.9 Å². The van der Waals surface area contributed by atoms with Gasteiger partial charge in [0.15, 0.2) is 28.7 Å². The predicted octanol–water partition coefficient (Wildman–Crippen LogP) is 1.37. The van der Waals surface area contributed by atoms with Crippen molar-refractivity contribution >= 4 is 83.9 Å². The number of nitrogen functional groups attached to an aromatic ring is 2. The van der Waals surface area contributed by atoms with E-state index in [0.29, 0.717) is 0 Å². The Bertz CT molecular complexity index is 1910. The van der Waals surface area contributed by atoms with Gasteiger partial charge in [-0.3, -0.25) is 27.9 Å². The van der Waals surface area contributed by atoms with Crippen LogP contribution in [-0.4, -0.2) is 92.8 Å². The van der Waals surface area contributed by atoms with Gasteiger partial charge in [0.05, 0.1) is 24.8 Å². The number of anilines is 2. The molecule has 2 fully saturated rings. The lowest BCUT2D eigenvalue weighted by Crippen LogP contribution is -2.44. The van der Waals surface area contributed by atoms with Gasteiger partial charge in [-0.05, 0) is 0 Å². The number of fused-ring (bicyclic) bond motifs is 2. The Balaban J connectivity index is 1.20. The van der Waals surface area contributed by atoms with Crippen LogP contribution in [0.5, 0.6) is 0 Å². The van der Waals surface area contributed by atoms with Crippen molar-refractivity contribution in [1.82, 2.24) is 44.5 Å². The number of thioether (sulfide) groups is 1. The molecule has 4 aromatic heterocycles. The van der Waals surface area contributed by atoms with Gasteiger partial charge in [-0.1, -0.05) is 29.7 Å². The van der Waals surface area contributed by atoms with Gasteiger partial charge < -0.3 is 21.1 Å². The lowest BCUT2D eigenvalue weighted by Gasteiger charge is -2.31. The molecule has 4 aromatic rings. The molecule has 0 aliphatic carbocycles. The van der Waals surface area contributed by atoms with Gasteiger partial charge in [0.25, 0.3) is 5.56 Å². The highest BCUT2D eigenvalue weighted by Gasteiger charge is 2.57. The molecule has 2 aliphatic rings. The van der Waals surface area contributed by atoms with E-state index in [1.165, 1.54) is 4.68 Å². The minimum Gasteiger partial charge on any atom is -0.382 e. The van der Waals surface area contributed by atoms with Crippen molar-refractivity contribution in [2.24, 2.45) is 0 Å². The number of alkyl halides is 2. The summed E-state index contributed by atoms with van der Waals surface area (Å²) in [5, 5.41) is 6.07. The maximum absolute atomic E-state index is 16.8. The van der Waals surface area contributed by atoms with Gasteiger partial charge >= 0.3 is 13.6 Å². The fourth-order valence-electron chi connectivity index (χ4n) is 4.85. The van der Waals surface area contributed by atoms with Gasteiger partial charge in [-0.25, -0.2) is 37.5 Å². The summed E-state index contributed by atoms with van der Waals surface area (Å²) in [6.07, 6.45) is -2.78. The fraction of sp³-hybridized carbons (Fsp3) is 0.526. The van der Waals surface area contributed by atoms with Crippen molar-refractivity contribution < 1.29 is 41.1 Å². The summed E-state index contributed by atoms with van der Waals surface area (Å²) >= 11 is 8.46. The molecule has 244 valence electrons. The Kier molecular flexibility index (Phi) is 8.68. The first-order valence-corrected chi connectivity index (χ1v) is 19.0.